The van der Waals surface area contributed by atoms with Crippen molar-refractivity contribution in [3.05, 3.63) is 27.9 Å². The molecule has 1 aliphatic carbocycles. The third kappa shape index (κ3) is 3.90. The Morgan fingerprint density at radius 1 is 1.29 bits per heavy atom. The highest BCUT2D eigenvalue weighted by molar-refractivity contribution is 7.89. The summed E-state index contributed by atoms with van der Waals surface area (Å²) in [5, 5.41) is 7.43. The predicted molar refractivity (Wildman–Crippen MR) is 116 cm³/mol. The lowest BCUT2D eigenvalue weighted by atomic mass is 9.99. The van der Waals surface area contributed by atoms with Crippen LogP contribution in [0.2, 0.25) is 0 Å². The van der Waals surface area contributed by atoms with Gasteiger partial charge < -0.3 is 10.1 Å². The number of anilines is 1. The molecule has 0 spiro atoms. The number of piperidine rings is 1. The van der Waals surface area contributed by atoms with Crippen LogP contribution in [0.1, 0.15) is 45.8 Å². The van der Waals surface area contributed by atoms with Crippen LogP contribution >= 0.6 is 11.3 Å². The highest BCUT2D eigenvalue weighted by Gasteiger charge is 2.36. The molecule has 168 valence electrons. The van der Waals surface area contributed by atoms with E-state index in [1.807, 2.05) is 0 Å². The van der Waals surface area contributed by atoms with Gasteiger partial charge in [-0.1, -0.05) is 0 Å². The summed E-state index contributed by atoms with van der Waals surface area (Å²) in [4.78, 5) is 26.6. The van der Waals surface area contributed by atoms with E-state index in [0.717, 1.165) is 29.7 Å². The second-order valence-electron chi connectivity index (χ2n) is 7.96. The molecule has 0 unspecified atom stereocenters. The molecule has 1 amide bonds. The molecular formula is C20H26N4O5S2. The number of hydrogen-bond donors (Lipinski definition) is 1. The van der Waals surface area contributed by atoms with Crippen molar-refractivity contribution in [3.8, 4) is 0 Å². The molecule has 1 saturated heterocycles. The van der Waals surface area contributed by atoms with Crippen molar-refractivity contribution in [1.82, 2.24) is 14.1 Å². The summed E-state index contributed by atoms with van der Waals surface area (Å²) in [5.74, 6) is -1.22. The normalized spacial score (nSPS) is 19.3. The number of nitrogens with one attached hydrogen (secondary N) is 1. The quantitative estimate of drug-likeness (QED) is 0.676. The Hall–Kier alpha value is -2.24. The lowest BCUT2D eigenvalue weighted by Crippen LogP contribution is -2.43. The van der Waals surface area contributed by atoms with Crippen molar-refractivity contribution in [2.75, 3.05) is 25.5 Å². The van der Waals surface area contributed by atoms with Gasteiger partial charge >= 0.3 is 5.97 Å². The van der Waals surface area contributed by atoms with Gasteiger partial charge in [0.25, 0.3) is 0 Å². The standard InChI is InChI=1S/C20H26N4O5S2/c1-12-16(10-21-23(12)2)31(27,28)24-9-5-6-13(11-24)18(25)22-19-17(20(26)29-3)14-7-4-8-15(14)30-19/h10,13H,4-9,11H2,1-3H3,(H,22,25)/t13-/m1/s1. The van der Waals surface area contributed by atoms with E-state index in [9.17, 15) is 18.0 Å². The van der Waals surface area contributed by atoms with Gasteiger partial charge in [0.05, 0.1) is 30.5 Å². The van der Waals surface area contributed by atoms with Crippen LogP contribution in [-0.2, 0) is 39.4 Å². The summed E-state index contributed by atoms with van der Waals surface area (Å²) in [6.07, 6.45) is 5.20. The molecule has 4 rings (SSSR count). The lowest BCUT2D eigenvalue weighted by Gasteiger charge is -2.31. The maximum Gasteiger partial charge on any atom is 0.341 e. The third-order valence-electron chi connectivity index (χ3n) is 6.11. The molecule has 2 aromatic rings. The van der Waals surface area contributed by atoms with Crippen LogP contribution in [0, 0.1) is 12.8 Å². The largest absolute Gasteiger partial charge is 0.465 e. The number of amides is 1. The van der Waals surface area contributed by atoms with Crippen molar-refractivity contribution < 1.29 is 22.7 Å². The lowest BCUT2D eigenvalue weighted by molar-refractivity contribution is -0.120. The Bertz CT molecular complexity index is 1130. The van der Waals surface area contributed by atoms with Crippen molar-refractivity contribution in [2.45, 2.75) is 43.9 Å². The van der Waals surface area contributed by atoms with Gasteiger partial charge in [0.2, 0.25) is 15.9 Å². The fourth-order valence-electron chi connectivity index (χ4n) is 4.27. The van der Waals surface area contributed by atoms with Gasteiger partial charge in [-0.2, -0.15) is 9.40 Å². The fraction of sp³-hybridized carbons (Fsp3) is 0.550. The number of ether oxygens (including phenoxy) is 1. The number of aromatic nitrogens is 2. The second kappa shape index (κ2) is 8.36. The Labute approximate surface area is 185 Å². The summed E-state index contributed by atoms with van der Waals surface area (Å²) in [6, 6.07) is 0. The maximum atomic E-state index is 13.1. The van der Waals surface area contributed by atoms with Crippen LogP contribution in [0.25, 0.3) is 0 Å². The smallest absolute Gasteiger partial charge is 0.341 e. The molecule has 3 heterocycles. The van der Waals surface area contributed by atoms with Crippen molar-refractivity contribution in [2.24, 2.45) is 13.0 Å². The van der Waals surface area contributed by atoms with E-state index in [0.29, 0.717) is 35.6 Å². The highest BCUT2D eigenvalue weighted by atomic mass is 32.2. The third-order valence-corrected chi connectivity index (χ3v) is 9.29. The van der Waals surface area contributed by atoms with Crippen LogP contribution in [0.4, 0.5) is 5.00 Å². The maximum absolute atomic E-state index is 13.1. The molecule has 9 nitrogen and oxygen atoms in total. The average molecular weight is 467 g/mol. The minimum Gasteiger partial charge on any atom is -0.465 e. The van der Waals surface area contributed by atoms with E-state index in [1.165, 1.54) is 33.6 Å². The van der Waals surface area contributed by atoms with E-state index >= 15 is 0 Å². The number of hydrogen-bond acceptors (Lipinski definition) is 7. The first-order chi connectivity index (χ1) is 14.7. The molecule has 31 heavy (non-hydrogen) atoms. The highest BCUT2D eigenvalue weighted by Crippen LogP contribution is 2.40. The molecule has 0 bridgehead atoms. The Morgan fingerprint density at radius 2 is 2.06 bits per heavy atom. The van der Waals surface area contributed by atoms with Crippen molar-refractivity contribution in [1.29, 1.82) is 0 Å². The number of nitrogens with zero attached hydrogens (tertiary/aromatic N) is 3. The van der Waals surface area contributed by atoms with Gasteiger partial charge in [0.15, 0.2) is 0 Å². The molecule has 0 aromatic carbocycles. The summed E-state index contributed by atoms with van der Waals surface area (Å²) in [6.45, 7) is 2.17. The number of aryl methyl sites for hydroxylation is 2. The number of carbonyl (C=O) groups is 2. The average Bonchev–Trinajstić information content (AvgIpc) is 3.43. The van der Waals surface area contributed by atoms with E-state index in [2.05, 4.69) is 10.4 Å². The molecule has 1 fully saturated rings. The number of carbonyl (C=O) groups excluding carboxylic acids is 2. The van der Waals surface area contributed by atoms with E-state index in [-0.39, 0.29) is 17.3 Å². The zero-order valence-electron chi connectivity index (χ0n) is 17.8. The number of fused-ring (bicyclic) bond motifs is 1. The first-order valence-corrected chi connectivity index (χ1v) is 12.5. The fourth-order valence-corrected chi connectivity index (χ4v) is 7.26. The van der Waals surface area contributed by atoms with Gasteiger partial charge in [-0.3, -0.25) is 9.48 Å². The Morgan fingerprint density at radius 3 is 2.74 bits per heavy atom. The minimum absolute atomic E-state index is 0.0984. The molecule has 11 heteroatoms. The SMILES string of the molecule is COC(=O)c1c(NC(=O)[C@@H]2CCCN(S(=O)(=O)c3cnn(C)c3C)C2)sc2c1CCC2. The van der Waals surface area contributed by atoms with Gasteiger partial charge in [-0.05, 0) is 44.6 Å². The minimum atomic E-state index is -3.74. The van der Waals surface area contributed by atoms with Crippen molar-refractivity contribution in [3.63, 3.8) is 0 Å². The van der Waals surface area contributed by atoms with Crippen LogP contribution in [0.3, 0.4) is 0 Å². The van der Waals surface area contributed by atoms with Gasteiger partial charge in [0, 0.05) is 25.0 Å². The predicted octanol–water partition coefficient (Wildman–Crippen LogP) is 2.10. The van der Waals surface area contributed by atoms with Crippen LogP contribution in [0.15, 0.2) is 11.1 Å². The Kier molecular flexibility index (Phi) is 5.93. The van der Waals surface area contributed by atoms with Gasteiger partial charge in [-0.15, -0.1) is 11.3 Å². The number of esters is 1. The molecule has 0 saturated carbocycles. The number of rotatable bonds is 5. The molecule has 1 aliphatic heterocycles. The number of methoxy groups -OCH3 is 1. The molecular weight excluding hydrogens is 440 g/mol. The van der Waals surface area contributed by atoms with Gasteiger partial charge in [-0.25, -0.2) is 13.2 Å². The zero-order chi connectivity index (χ0) is 22.3. The monoisotopic (exact) mass is 466 g/mol. The summed E-state index contributed by atoms with van der Waals surface area (Å²) in [7, 11) is -0.713. The topological polar surface area (TPSA) is 111 Å². The van der Waals surface area contributed by atoms with Crippen LogP contribution < -0.4 is 5.32 Å². The summed E-state index contributed by atoms with van der Waals surface area (Å²) < 4.78 is 34.0. The molecule has 0 radical (unpaired) electrons. The molecule has 1 atom stereocenters. The van der Waals surface area contributed by atoms with Gasteiger partial charge in [0.1, 0.15) is 9.90 Å². The summed E-state index contributed by atoms with van der Waals surface area (Å²) in [5.41, 5.74) is 1.97. The molecule has 1 N–H and O–H groups in total. The number of thiophene rings is 1. The zero-order valence-corrected chi connectivity index (χ0v) is 19.4. The van der Waals surface area contributed by atoms with Crippen LogP contribution in [0.5, 0.6) is 0 Å². The molecule has 2 aliphatic rings. The van der Waals surface area contributed by atoms with E-state index in [1.54, 1.807) is 14.0 Å². The number of sulfonamides is 1. The van der Waals surface area contributed by atoms with E-state index < -0.39 is 21.9 Å². The Balaban J connectivity index is 1.53. The second-order valence-corrected chi connectivity index (χ2v) is 11.0. The summed E-state index contributed by atoms with van der Waals surface area (Å²) >= 11 is 1.42. The van der Waals surface area contributed by atoms with E-state index in [4.69, 9.17) is 4.74 Å². The molecule has 2 aromatic heterocycles. The van der Waals surface area contributed by atoms with Crippen LogP contribution in [-0.4, -0.2) is 54.6 Å². The first-order valence-electron chi connectivity index (χ1n) is 10.3. The first kappa shape index (κ1) is 22.0. The van der Waals surface area contributed by atoms with Crippen molar-refractivity contribution >= 4 is 38.2 Å².